The van der Waals surface area contributed by atoms with Gasteiger partial charge in [-0.25, -0.2) is 0 Å². The van der Waals surface area contributed by atoms with Gasteiger partial charge in [-0.3, -0.25) is 38.5 Å². The number of hydrogen-bond acceptors (Lipinski definition) is 11. The van der Waals surface area contributed by atoms with Crippen LogP contribution in [0.2, 0.25) is 0 Å². The van der Waals surface area contributed by atoms with E-state index in [1.807, 2.05) is 200 Å². The van der Waals surface area contributed by atoms with Crippen LogP contribution in [0.5, 0.6) is 17.2 Å². The van der Waals surface area contributed by atoms with Gasteiger partial charge in [0.1, 0.15) is 5.78 Å². The summed E-state index contributed by atoms with van der Waals surface area (Å²) in [7, 11) is 4.69. The number of ether oxygens (including phenoxy) is 3. The Bertz CT molecular complexity index is 5380. The van der Waals surface area contributed by atoms with E-state index in [2.05, 4.69) is 169 Å². The average molecular weight is 1660 g/mol. The Labute approximate surface area is 730 Å². The van der Waals surface area contributed by atoms with Crippen molar-refractivity contribution < 1.29 is 47.8 Å². The van der Waals surface area contributed by atoms with Crippen molar-refractivity contribution in [1.82, 2.24) is 4.98 Å². The van der Waals surface area contributed by atoms with Gasteiger partial charge in [-0.2, -0.15) is 0 Å². The van der Waals surface area contributed by atoms with Crippen molar-refractivity contribution in [2.24, 2.45) is 11.5 Å². The Hall–Kier alpha value is -13.1. The van der Waals surface area contributed by atoms with E-state index in [-0.39, 0.29) is 52.9 Å². The highest BCUT2D eigenvalue weighted by atomic mass is 16.5. The van der Waals surface area contributed by atoms with E-state index in [1.54, 1.807) is 71.0 Å². The van der Waals surface area contributed by atoms with Gasteiger partial charge in [-0.05, 0) is 229 Å². The second-order valence-electron chi connectivity index (χ2n) is 33.3. The highest BCUT2D eigenvalue weighted by molar-refractivity contribution is 6.13. The van der Waals surface area contributed by atoms with E-state index in [0.29, 0.717) is 92.9 Å². The molecule has 5 amide bonds. The molecule has 7 N–H and O–H groups in total. The van der Waals surface area contributed by atoms with Crippen molar-refractivity contribution in [1.29, 1.82) is 0 Å². The number of hydrogen-bond donors (Lipinski definition) is 5. The molecule has 11 aromatic carbocycles. The van der Waals surface area contributed by atoms with E-state index < -0.39 is 0 Å². The fourth-order valence-electron chi connectivity index (χ4n) is 12.6. The summed E-state index contributed by atoms with van der Waals surface area (Å²) in [6.45, 7) is 37.9. The Morgan fingerprint density at radius 3 is 1.11 bits per heavy atom. The molecule has 1 aromatic heterocycles. The summed E-state index contributed by atoms with van der Waals surface area (Å²) in [5.74, 6) is 4.13. The number of ketones is 2. The number of nitrogens with one attached hydrogen (secondary N) is 3. The van der Waals surface area contributed by atoms with Crippen molar-refractivity contribution in [2.45, 2.75) is 184 Å². The number of anilines is 3. The molecule has 0 radical (unpaired) electrons. The second kappa shape index (κ2) is 49.0. The maximum absolute atomic E-state index is 12.6. The first kappa shape index (κ1) is 98.7. The quantitative estimate of drug-likeness (QED) is 0.0377. The number of carbonyl (C=O) groups excluding carboxylic acids is 7. The van der Waals surface area contributed by atoms with Gasteiger partial charge in [0.15, 0.2) is 17.3 Å². The lowest BCUT2D eigenvalue weighted by Crippen LogP contribution is -2.14. The van der Waals surface area contributed by atoms with Crippen LogP contribution < -0.4 is 41.6 Å². The van der Waals surface area contributed by atoms with E-state index >= 15 is 0 Å². The number of nitrogens with two attached hydrogens (primary N) is 2. The number of nitrogens with zero attached hydrogens (tertiary/aromatic N) is 1. The highest BCUT2D eigenvalue weighted by Crippen LogP contribution is 2.39. The van der Waals surface area contributed by atoms with Gasteiger partial charge < -0.3 is 41.6 Å². The third kappa shape index (κ3) is 32.4. The Morgan fingerprint density at radius 1 is 0.341 bits per heavy atom. The topological polar surface area (TPSA) is 248 Å². The number of methoxy groups -OCH3 is 3. The first-order valence-electron chi connectivity index (χ1n) is 41.9. The highest BCUT2D eigenvalue weighted by Gasteiger charge is 2.19. The van der Waals surface area contributed by atoms with E-state index in [4.69, 9.17) is 25.7 Å². The molecule has 16 heteroatoms. The number of rotatable bonds is 23. The van der Waals surface area contributed by atoms with E-state index in [0.717, 1.165) is 55.7 Å². The lowest BCUT2D eigenvalue weighted by atomic mass is 9.87. The largest absolute Gasteiger partial charge is 0.493 e. The van der Waals surface area contributed by atoms with Crippen molar-refractivity contribution in [3.8, 4) is 17.2 Å². The van der Waals surface area contributed by atoms with Crippen molar-refractivity contribution in [3.63, 3.8) is 0 Å². The van der Waals surface area contributed by atoms with Crippen molar-refractivity contribution >= 4 is 68.9 Å². The van der Waals surface area contributed by atoms with Crippen LogP contribution in [0.3, 0.4) is 0 Å². The molecule has 0 fully saturated rings. The van der Waals surface area contributed by atoms with Crippen LogP contribution in [0.4, 0.5) is 17.1 Å². The van der Waals surface area contributed by atoms with Gasteiger partial charge in [0, 0.05) is 75.7 Å². The molecular weight excluding hydrogens is 1530 g/mol. The third-order valence-electron chi connectivity index (χ3n) is 20.2. The summed E-state index contributed by atoms with van der Waals surface area (Å²) in [6.07, 6.45) is 4.05. The van der Waals surface area contributed by atoms with Gasteiger partial charge in [0.2, 0.25) is 17.6 Å². The van der Waals surface area contributed by atoms with E-state index in [1.165, 1.54) is 33.4 Å². The molecule has 12 aromatic rings. The fourth-order valence-corrected chi connectivity index (χ4v) is 12.6. The summed E-state index contributed by atoms with van der Waals surface area (Å²) >= 11 is 0. The molecule has 123 heavy (non-hydrogen) atoms. The number of Topliss-reactive ketones (excluding diaryl/α,β-unsaturated/α-hetero) is 2. The lowest BCUT2D eigenvalue weighted by molar-refractivity contribution is -0.116. The van der Waals surface area contributed by atoms with Crippen LogP contribution in [0, 0.1) is 0 Å². The van der Waals surface area contributed by atoms with Gasteiger partial charge in [0.05, 0.1) is 21.3 Å². The molecule has 0 aliphatic heterocycles. The molecule has 644 valence electrons. The zero-order valence-electron chi connectivity index (χ0n) is 75.6. The summed E-state index contributed by atoms with van der Waals surface area (Å²) in [5, 5.41) is 10.9. The number of amides is 5. The molecule has 0 aliphatic carbocycles. The van der Waals surface area contributed by atoms with Crippen LogP contribution in [0.25, 0.3) is 10.8 Å². The summed E-state index contributed by atoms with van der Waals surface area (Å²) in [5.41, 5.74) is 28.4. The minimum absolute atomic E-state index is 0.0618. The van der Waals surface area contributed by atoms with Crippen molar-refractivity contribution in [3.05, 3.63) is 362 Å². The summed E-state index contributed by atoms with van der Waals surface area (Å²) in [4.78, 5) is 85.8. The number of pyridine rings is 1. The summed E-state index contributed by atoms with van der Waals surface area (Å²) in [6, 6.07) is 83.4. The first-order chi connectivity index (χ1) is 58.4. The van der Waals surface area contributed by atoms with Gasteiger partial charge in [-0.15, -0.1) is 0 Å². The zero-order chi connectivity index (χ0) is 90.6. The van der Waals surface area contributed by atoms with Crippen LogP contribution in [-0.2, 0) is 23.1 Å². The molecular formula is C107H126N6O10. The normalized spacial score (nSPS) is 10.7. The third-order valence-corrected chi connectivity index (χ3v) is 20.2. The molecule has 0 saturated heterocycles. The predicted molar refractivity (Wildman–Crippen MR) is 506 cm³/mol. The Balaban J connectivity index is 0.000000226. The number of carbonyl (C=O) groups is 7. The first-order valence-corrected chi connectivity index (χ1v) is 41.9. The minimum atomic E-state index is -0.370. The van der Waals surface area contributed by atoms with Crippen LogP contribution in [0.1, 0.15) is 284 Å². The SMILES string of the molecule is CC(=O)Cc1ccc(C(C)C)cc1.CC(C)c1ccc(C(N)=O)cc1.CC(C)c1cccc(C(N)=O)c1.CC(C)c1cccc(NC(=O)c2ccc(C(C)(C)C)cc2)c1.CC(C)c1cccc(NC(=O)c2cccc3ccccc23)c1.CC(C)c1cccc(NC(=O)c2ccncc2)c1.COc1cc(CC(=O)c2cccc(C(C)C)c2)cc(OC)c1OC. The van der Waals surface area contributed by atoms with Gasteiger partial charge in [0.25, 0.3) is 17.7 Å². The molecule has 12 rings (SSSR count). The predicted octanol–water partition coefficient (Wildman–Crippen LogP) is 25.1. The molecule has 0 aliphatic rings. The summed E-state index contributed by atoms with van der Waals surface area (Å²) < 4.78 is 16.0. The number of fused-ring (bicyclic) bond motifs is 1. The second-order valence-corrected chi connectivity index (χ2v) is 33.3. The molecule has 0 saturated carbocycles. The fraction of sp³-hybridized carbons (Fsp3) is 0.290. The average Bonchev–Trinajstić information content (AvgIpc) is 0.815. The smallest absolute Gasteiger partial charge is 0.256 e. The molecule has 0 atom stereocenters. The van der Waals surface area contributed by atoms with Crippen LogP contribution in [0.15, 0.2) is 273 Å². The number of benzene rings is 11. The Kier molecular flexibility index (Phi) is 39.3. The van der Waals surface area contributed by atoms with Crippen LogP contribution in [-0.4, -0.2) is 67.4 Å². The van der Waals surface area contributed by atoms with Crippen LogP contribution >= 0.6 is 0 Å². The molecule has 0 bridgehead atoms. The molecule has 1 heterocycles. The number of aromatic nitrogens is 1. The molecule has 0 unspecified atom stereocenters. The number of primary amides is 2. The molecule has 16 nitrogen and oxygen atoms in total. The lowest BCUT2D eigenvalue weighted by Gasteiger charge is -2.19. The maximum Gasteiger partial charge on any atom is 0.256 e. The van der Waals surface area contributed by atoms with Gasteiger partial charge in [-0.1, -0.05) is 269 Å². The zero-order valence-corrected chi connectivity index (χ0v) is 75.6. The Morgan fingerprint density at radius 2 is 0.707 bits per heavy atom. The monoisotopic (exact) mass is 1650 g/mol. The van der Waals surface area contributed by atoms with E-state index in [9.17, 15) is 33.6 Å². The minimum Gasteiger partial charge on any atom is -0.493 e. The molecule has 0 spiro atoms. The van der Waals surface area contributed by atoms with Crippen molar-refractivity contribution in [2.75, 3.05) is 37.3 Å². The standard InChI is InChI=1S/C20H19NO.C20H25NO.C20H24O4.C15H16N2O.C12H16O.2C10H13NO/c1-14(2)16-9-5-10-17(13-16)21-20(22)19-12-6-8-15-7-3-4-11-18(15)19;1-14(2)16-7-6-8-18(13-16)21-19(22)15-9-11-17(12-10-15)20(3,4)5;1-13(2)15-7-6-8-16(12-15)17(21)9-14-10-18(22-3)20(24-5)19(11-14)23-4;1-11(2)13-4-3-5-14(10-13)17-15(18)12-6-8-16-9-7-12;1-9(2)12-6-4-11(5-7-12)8-10(3)13;1-7(2)8-3-5-9(6-4-8)10(11)12;1-7(2)8-4-3-5-9(6-8)10(11)12/h3-14H,1-2H3,(H,21,22);6-14H,1-5H3,(H,21,22);6-8,10-13H,9H2,1-5H3;3-11H,1-2H3,(H,17,18);4-7,9H,8H2,1-3H3;2*3-7H,1-2H3,(H2,11,12). The van der Waals surface area contributed by atoms with Gasteiger partial charge >= 0.3 is 0 Å². The maximum atomic E-state index is 12.6.